The van der Waals surface area contributed by atoms with Gasteiger partial charge < -0.3 is 19.7 Å². The molecule has 3 rings (SSSR count). The molecule has 0 aliphatic carbocycles. The Kier molecular flexibility index (Phi) is 5.41. The van der Waals surface area contributed by atoms with Gasteiger partial charge in [0.2, 0.25) is 5.91 Å². The summed E-state index contributed by atoms with van der Waals surface area (Å²) in [6, 6.07) is 15.0. The highest BCUT2D eigenvalue weighted by molar-refractivity contribution is 6.01. The minimum Gasteiger partial charge on any atom is -0.497 e. The number of hydrogen-bond donors (Lipinski definition) is 1. The number of carbonyl (C=O) groups is 2. The SMILES string of the molecule is COc1cccc(CCNC(=O)CC2Oc3ccccc3N(C)C2=O)c1. The zero-order chi connectivity index (χ0) is 18.5. The summed E-state index contributed by atoms with van der Waals surface area (Å²) in [6.07, 6.45) is -0.118. The van der Waals surface area contributed by atoms with Crippen molar-refractivity contribution in [2.45, 2.75) is 18.9 Å². The van der Waals surface area contributed by atoms with Crippen LogP contribution in [0, 0.1) is 0 Å². The Labute approximate surface area is 152 Å². The molecule has 0 bridgehead atoms. The largest absolute Gasteiger partial charge is 0.497 e. The lowest BCUT2D eigenvalue weighted by Crippen LogP contribution is -2.46. The summed E-state index contributed by atoms with van der Waals surface area (Å²) in [7, 11) is 3.31. The normalized spacial score (nSPS) is 15.8. The van der Waals surface area contributed by atoms with Gasteiger partial charge >= 0.3 is 0 Å². The predicted molar refractivity (Wildman–Crippen MR) is 98.6 cm³/mol. The van der Waals surface area contributed by atoms with Crippen LogP contribution in [0.4, 0.5) is 5.69 Å². The van der Waals surface area contributed by atoms with E-state index in [1.165, 1.54) is 4.90 Å². The van der Waals surface area contributed by atoms with Crippen molar-refractivity contribution in [3.63, 3.8) is 0 Å². The van der Waals surface area contributed by atoms with E-state index in [0.29, 0.717) is 24.4 Å². The zero-order valence-corrected chi connectivity index (χ0v) is 14.9. The van der Waals surface area contributed by atoms with Crippen molar-refractivity contribution in [1.29, 1.82) is 0 Å². The number of rotatable bonds is 6. The molecule has 0 radical (unpaired) electrons. The topological polar surface area (TPSA) is 67.9 Å². The van der Waals surface area contributed by atoms with Gasteiger partial charge in [0.25, 0.3) is 5.91 Å². The fourth-order valence-electron chi connectivity index (χ4n) is 2.92. The number of likely N-dealkylation sites (N-methyl/N-ethyl adjacent to an activating group) is 1. The Morgan fingerprint density at radius 2 is 2.04 bits per heavy atom. The molecule has 0 spiro atoms. The molecule has 0 saturated carbocycles. The molecule has 1 atom stereocenters. The molecule has 2 amide bonds. The van der Waals surface area contributed by atoms with E-state index < -0.39 is 6.10 Å². The molecule has 6 heteroatoms. The number of nitrogens with zero attached hydrogens (tertiary/aromatic N) is 1. The standard InChI is InChI=1S/C20H22N2O4/c1-22-16-8-3-4-9-17(16)26-18(20(22)24)13-19(23)21-11-10-14-6-5-7-15(12-14)25-2/h3-9,12,18H,10-11,13H2,1-2H3,(H,21,23). The van der Waals surface area contributed by atoms with Crippen LogP contribution in [0.15, 0.2) is 48.5 Å². The monoisotopic (exact) mass is 354 g/mol. The smallest absolute Gasteiger partial charge is 0.268 e. The molecule has 1 heterocycles. The van der Waals surface area contributed by atoms with Crippen molar-refractivity contribution >= 4 is 17.5 Å². The number of hydrogen-bond acceptors (Lipinski definition) is 4. The minimum absolute atomic E-state index is 0.00435. The molecule has 2 aromatic carbocycles. The molecular weight excluding hydrogens is 332 g/mol. The molecule has 0 aromatic heterocycles. The Hall–Kier alpha value is -3.02. The minimum atomic E-state index is -0.799. The van der Waals surface area contributed by atoms with E-state index in [0.717, 1.165) is 11.3 Å². The van der Waals surface area contributed by atoms with Crippen LogP contribution in [-0.2, 0) is 16.0 Å². The lowest BCUT2D eigenvalue weighted by molar-refractivity contribution is -0.132. The summed E-state index contributed by atoms with van der Waals surface area (Å²) >= 11 is 0. The van der Waals surface area contributed by atoms with Crippen molar-refractivity contribution in [1.82, 2.24) is 5.32 Å². The lowest BCUT2D eigenvalue weighted by atomic mass is 10.1. The average Bonchev–Trinajstić information content (AvgIpc) is 2.66. The van der Waals surface area contributed by atoms with Gasteiger partial charge in [0.05, 0.1) is 19.2 Å². The summed E-state index contributed by atoms with van der Waals surface area (Å²) in [4.78, 5) is 26.1. The van der Waals surface area contributed by atoms with E-state index in [9.17, 15) is 9.59 Å². The van der Waals surface area contributed by atoms with Gasteiger partial charge in [-0.2, -0.15) is 0 Å². The van der Waals surface area contributed by atoms with Crippen molar-refractivity contribution < 1.29 is 19.1 Å². The third kappa shape index (κ3) is 3.96. The van der Waals surface area contributed by atoms with E-state index in [4.69, 9.17) is 9.47 Å². The molecule has 1 aliphatic rings. The van der Waals surface area contributed by atoms with Crippen molar-refractivity contribution in [2.24, 2.45) is 0 Å². The van der Waals surface area contributed by atoms with Crippen molar-refractivity contribution in [2.75, 3.05) is 25.6 Å². The predicted octanol–water partition coefficient (Wildman–Crippen LogP) is 2.17. The second kappa shape index (κ2) is 7.91. The first kappa shape index (κ1) is 17.8. The van der Waals surface area contributed by atoms with Crippen molar-refractivity contribution in [3.05, 3.63) is 54.1 Å². The quantitative estimate of drug-likeness (QED) is 0.863. The van der Waals surface area contributed by atoms with Gasteiger partial charge in [0.1, 0.15) is 11.5 Å². The van der Waals surface area contributed by atoms with Crippen molar-refractivity contribution in [3.8, 4) is 11.5 Å². The molecule has 2 aromatic rings. The molecule has 1 aliphatic heterocycles. The summed E-state index contributed by atoms with van der Waals surface area (Å²) in [5.41, 5.74) is 1.79. The fraction of sp³-hybridized carbons (Fsp3) is 0.300. The maximum Gasteiger partial charge on any atom is 0.268 e. The van der Waals surface area contributed by atoms with Gasteiger partial charge in [-0.25, -0.2) is 0 Å². The second-order valence-corrected chi connectivity index (χ2v) is 6.13. The molecule has 1 unspecified atom stereocenters. The molecule has 136 valence electrons. The summed E-state index contributed by atoms with van der Waals surface area (Å²) < 4.78 is 10.9. The Morgan fingerprint density at radius 1 is 1.23 bits per heavy atom. The maximum absolute atomic E-state index is 12.4. The Bertz CT molecular complexity index is 806. The van der Waals surface area contributed by atoms with Crippen LogP contribution in [0.3, 0.4) is 0 Å². The highest BCUT2D eigenvalue weighted by Gasteiger charge is 2.33. The van der Waals surface area contributed by atoms with E-state index in [2.05, 4.69) is 5.32 Å². The molecule has 1 N–H and O–H groups in total. The van der Waals surface area contributed by atoms with Gasteiger partial charge in [0, 0.05) is 13.6 Å². The number of ether oxygens (including phenoxy) is 2. The van der Waals surface area contributed by atoms with Gasteiger partial charge in [-0.1, -0.05) is 24.3 Å². The van der Waals surface area contributed by atoms with Crippen LogP contribution in [0.5, 0.6) is 11.5 Å². The number of anilines is 1. The van der Waals surface area contributed by atoms with Gasteiger partial charge in [-0.3, -0.25) is 9.59 Å². The first-order valence-electron chi connectivity index (χ1n) is 8.51. The number of benzene rings is 2. The van der Waals surface area contributed by atoms with Crippen LogP contribution in [0.1, 0.15) is 12.0 Å². The summed E-state index contributed by atoms with van der Waals surface area (Å²) in [6.45, 7) is 0.485. The van der Waals surface area contributed by atoms with Crippen LogP contribution < -0.4 is 19.7 Å². The molecular formula is C20H22N2O4. The number of para-hydroxylation sites is 2. The highest BCUT2D eigenvalue weighted by Crippen LogP contribution is 2.33. The van der Waals surface area contributed by atoms with Crippen LogP contribution in [-0.4, -0.2) is 38.6 Å². The third-order valence-corrected chi connectivity index (χ3v) is 4.34. The average molecular weight is 354 g/mol. The van der Waals surface area contributed by atoms with E-state index >= 15 is 0 Å². The van der Waals surface area contributed by atoms with Crippen LogP contribution in [0.2, 0.25) is 0 Å². The number of nitrogens with one attached hydrogen (secondary N) is 1. The van der Waals surface area contributed by atoms with Gasteiger partial charge in [-0.05, 0) is 36.2 Å². The number of fused-ring (bicyclic) bond motifs is 1. The maximum atomic E-state index is 12.4. The Balaban J connectivity index is 1.53. The summed E-state index contributed by atoms with van der Waals surface area (Å²) in [5, 5.41) is 2.84. The number of carbonyl (C=O) groups excluding carboxylic acids is 2. The Morgan fingerprint density at radius 3 is 2.85 bits per heavy atom. The molecule has 0 fully saturated rings. The molecule has 0 saturated heterocycles. The second-order valence-electron chi connectivity index (χ2n) is 6.13. The highest BCUT2D eigenvalue weighted by atomic mass is 16.5. The first-order chi connectivity index (χ1) is 12.6. The van der Waals surface area contributed by atoms with Crippen LogP contribution >= 0.6 is 0 Å². The first-order valence-corrected chi connectivity index (χ1v) is 8.51. The van der Waals surface area contributed by atoms with Gasteiger partial charge in [0.15, 0.2) is 6.10 Å². The fourth-order valence-corrected chi connectivity index (χ4v) is 2.92. The lowest BCUT2D eigenvalue weighted by Gasteiger charge is -2.31. The third-order valence-electron chi connectivity index (χ3n) is 4.34. The van der Waals surface area contributed by atoms with Crippen LogP contribution in [0.25, 0.3) is 0 Å². The van der Waals surface area contributed by atoms with Gasteiger partial charge in [-0.15, -0.1) is 0 Å². The van der Waals surface area contributed by atoms with E-state index in [1.807, 2.05) is 42.5 Å². The summed E-state index contributed by atoms with van der Waals surface area (Å²) in [5.74, 6) is 0.978. The number of methoxy groups -OCH3 is 1. The zero-order valence-electron chi connectivity index (χ0n) is 14.9. The number of amides is 2. The molecule has 26 heavy (non-hydrogen) atoms. The van der Waals surface area contributed by atoms with E-state index in [-0.39, 0.29) is 18.2 Å². The molecule has 6 nitrogen and oxygen atoms in total. The van der Waals surface area contributed by atoms with E-state index in [1.54, 1.807) is 20.2 Å².